The number of Topliss-reactive ketones (excluding diaryl/α,β-unsaturated/α-hetero) is 1. The molecular formula is C37H42N4O4. The summed E-state index contributed by atoms with van der Waals surface area (Å²) < 4.78 is 20.4. The van der Waals surface area contributed by atoms with Crippen molar-refractivity contribution in [1.82, 2.24) is 19.4 Å². The average Bonchev–Trinajstić information content (AvgIpc) is 3.78. The molecule has 8 heteroatoms. The minimum Gasteiger partial charge on any atom is -0.490 e. The summed E-state index contributed by atoms with van der Waals surface area (Å²) in [5.74, 6) is 2.87. The Kier molecular flexibility index (Phi) is 8.43. The van der Waals surface area contributed by atoms with Gasteiger partial charge in [0.05, 0.1) is 36.3 Å². The molecule has 45 heavy (non-hydrogen) atoms. The number of nitrogens with zero attached hydrogens (tertiary/aromatic N) is 4. The number of pyridine rings is 1. The molecular weight excluding hydrogens is 564 g/mol. The number of carbonyl (C=O) groups is 1. The van der Waals surface area contributed by atoms with Crippen molar-refractivity contribution in [2.45, 2.75) is 83.8 Å². The lowest BCUT2D eigenvalue weighted by Crippen LogP contribution is -2.35. The molecule has 4 aromatic rings. The molecule has 0 amide bonds. The first-order valence-corrected chi connectivity index (χ1v) is 16.3. The lowest BCUT2D eigenvalue weighted by Gasteiger charge is -2.32. The number of imidazole rings is 1. The summed E-state index contributed by atoms with van der Waals surface area (Å²) in [7, 11) is 0. The minimum atomic E-state index is 0.0302. The van der Waals surface area contributed by atoms with Gasteiger partial charge in [0, 0.05) is 35.4 Å². The van der Waals surface area contributed by atoms with Crippen LogP contribution in [-0.4, -0.2) is 57.1 Å². The molecule has 1 atom stereocenters. The molecule has 0 N–H and O–H groups in total. The third-order valence-corrected chi connectivity index (χ3v) is 9.28. The number of hydrogen-bond donors (Lipinski definition) is 0. The van der Waals surface area contributed by atoms with Gasteiger partial charge in [-0.1, -0.05) is 36.4 Å². The van der Waals surface area contributed by atoms with Crippen LogP contribution in [0, 0.1) is 0 Å². The maximum atomic E-state index is 11.9. The molecule has 0 bridgehead atoms. The second-order valence-electron chi connectivity index (χ2n) is 12.8. The van der Waals surface area contributed by atoms with Crippen LogP contribution in [0.1, 0.15) is 84.9 Å². The number of allylic oxidation sites excluding steroid dienone is 1. The fourth-order valence-corrected chi connectivity index (χ4v) is 6.24. The first kappa shape index (κ1) is 29.7. The highest BCUT2D eigenvalue weighted by Gasteiger charge is 2.27. The van der Waals surface area contributed by atoms with Crippen molar-refractivity contribution in [3.8, 4) is 11.6 Å². The molecule has 2 aromatic carbocycles. The summed E-state index contributed by atoms with van der Waals surface area (Å²) in [6.07, 6.45) is 5.78. The number of ether oxygens (including phenoxy) is 3. The van der Waals surface area contributed by atoms with E-state index in [0.29, 0.717) is 24.0 Å². The highest BCUT2D eigenvalue weighted by Crippen LogP contribution is 2.32. The van der Waals surface area contributed by atoms with Gasteiger partial charge < -0.3 is 18.8 Å². The molecule has 234 valence electrons. The maximum Gasteiger partial charge on any atom is 0.213 e. The minimum absolute atomic E-state index is 0.0302. The Balaban J connectivity index is 0.994. The van der Waals surface area contributed by atoms with Crippen LogP contribution in [-0.2, 0) is 24.4 Å². The molecule has 0 radical (unpaired) electrons. The van der Waals surface area contributed by atoms with E-state index in [9.17, 15) is 4.79 Å². The van der Waals surface area contributed by atoms with Gasteiger partial charge in [0.25, 0.3) is 0 Å². The zero-order valence-corrected chi connectivity index (χ0v) is 26.3. The second kappa shape index (κ2) is 12.8. The van der Waals surface area contributed by atoms with Crippen LogP contribution in [0.5, 0.6) is 11.6 Å². The normalized spacial score (nSPS) is 18.9. The Labute approximate surface area is 265 Å². The fraction of sp³-hybridized carbons (Fsp3) is 0.432. The largest absolute Gasteiger partial charge is 0.490 e. The van der Waals surface area contributed by atoms with Gasteiger partial charge in [-0.3, -0.25) is 9.69 Å². The van der Waals surface area contributed by atoms with Crippen molar-refractivity contribution in [3.63, 3.8) is 0 Å². The number of likely N-dealkylation sites (tertiary alicyclic amines) is 1. The molecule has 2 aliphatic heterocycles. The summed E-state index contributed by atoms with van der Waals surface area (Å²) in [6, 6.07) is 18.1. The molecule has 1 unspecified atom stereocenters. The molecule has 2 saturated heterocycles. The average molecular weight is 607 g/mol. The molecule has 2 aromatic heterocycles. The predicted octanol–water partition coefficient (Wildman–Crippen LogP) is 6.96. The Bertz CT molecular complexity index is 1710. The summed E-state index contributed by atoms with van der Waals surface area (Å²) in [4.78, 5) is 24.4. The number of rotatable bonds is 12. The van der Waals surface area contributed by atoms with Gasteiger partial charge in [0.2, 0.25) is 5.88 Å². The first-order chi connectivity index (χ1) is 21.9. The molecule has 3 fully saturated rings. The zero-order chi connectivity index (χ0) is 30.9. The number of piperidine rings is 1. The monoisotopic (exact) mass is 606 g/mol. The molecule has 1 saturated carbocycles. The lowest BCUT2D eigenvalue weighted by molar-refractivity contribution is -0.0592. The number of ketones is 1. The van der Waals surface area contributed by atoms with Crippen molar-refractivity contribution in [3.05, 3.63) is 89.4 Å². The number of aromatic nitrogens is 3. The fourth-order valence-electron chi connectivity index (χ4n) is 6.24. The molecule has 1 aliphatic carbocycles. The van der Waals surface area contributed by atoms with E-state index in [2.05, 4.69) is 47.2 Å². The summed E-state index contributed by atoms with van der Waals surface area (Å²) in [5, 5.41) is 0. The molecule has 8 nitrogen and oxygen atoms in total. The van der Waals surface area contributed by atoms with E-state index in [1.165, 1.54) is 0 Å². The van der Waals surface area contributed by atoms with Crippen molar-refractivity contribution < 1.29 is 19.0 Å². The first-order valence-electron chi connectivity index (χ1n) is 16.3. The highest BCUT2D eigenvalue weighted by atomic mass is 16.5. The van der Waals surface area contributed by atoms with E-state index in [1.54, 1.807) is 6.92 Å². The van der Waals surface area contributed by atoms with Crippen LogP contribution in [0.2, 0.25) is 0 Å². The van der Waals surface area contributed by atoms with E-state index in [0.717, 1.165) is 110 Å². The second-order valence-corrected chi connectivity index (χ2v) is 12.8. The maximum absolute atomic E-state index is 11.9. The van der Waals surface area contributed by atoms with Crippen molar-refractivity contribution >= 4 is 22.4 Å². The topological polar surface area (TPSA) is 78.7 Å². The third-order valence-electron chi connectivity index (χ3n) is 9.28. The molecule has 0 spiro atoms. The quantitative estimate of drug-likeness (QED) is 0.161. The standard InChI is InChI=1S/C37H42N4O4/c1-24(2)27-9-12-33-34(19-27)41(21-31-15-18-43-31)36(38-33)22-40-16-13-26(14-17-40)32-5-4-6-37(39-32)44-23-29-8-7-28(25(3)42)20-35(29)45-30-10-11-30/h4-9,12,19-20,26,30-31H,1,10-11,13-18,21-23H2,2-3H3. The summed E-state index contributed by atoms with van der Waals surface area (Å²) in [6.45, 7) is 12.6. The Morgan fingerprint density at radius 2 is 1.78 bits per heavy atom. The van der Waals surface area contributed by atoms with Crippen LogP contribution in [0.15, 0.2) is 61.2 Å². The van der Waals surface area contributed by atoms with Gasteiger partial charge >= 0.3 is 0 Å². The third kappa shape index (κ3) is 6.82. The van der Waals surface area contributed by atoms with E-state index >= 15 is 0 Å². The van der Waals surface area contributed by atoms with Gasteiger partial charge in [0.1, 0.15) is 18.2 Å². The Hall–Kier alpha value is -4.01. The summed E-state index contributed by atoms with van der Waals surface area (Å²) in [5.41, 5.74) is 7.08. The van der Waals surface area contributed by atoms with Gasteiger partial charge in [-0.15, -0.1) is 0 Å². The van der Waals surface area contributed by atoms with Crippen LogP contribution in [0.4, 0.5) is 0 Å². The molecule has 3 aliphatic rings. The van der Waals surface area contributed by atoms with Crippen LogP contribution < -0.4 is 9.47 Å². The van der Waals surface area contributed by atoms with Crippen molar-refractivity contribution in [1.29, 1.82) is 0 Å². The van der Waals surface area contributed by atoms with Crippen LogP contribution >= 0.6 is 0 Å². The number of fused-ring (bicyclic) bond motifs is 1. The molecule has 7 rings (SSSR count). The van der Waals surface area contributed by atoms with E-state index in [4.69, 9.17) is 24.2 Å². The Morgan fingerprint density at radius 3 is 2.49 bits per heavy atom. The number of benzene rings is 2. The number of carbonyl (C=O) groups excluding carboxylic acids is 1. The van der Waals surface area contributed by atoms with Crippen LogP contribution in [0.3, 0.4) is 0 Å². The number of hydrogen-bond acceptors (Lipinski definition) is 7. The smallest absolute Gasteiger partial charge is 0.213 e. The van der Waals surface area contributed by atoms with Gasteiger partial charge in [-0.2, -0.15) is 0 Å². The van der Waals surface area contributed by atoms with Crippen LogP contribution in [0.25, 0.3) is 16.6 Å². The van der Waals surface area contributed by atoms with Gasteiger partial charge in [-0.25, -0.2) is 9.97 Å². The van der Waals surface area contributed by atoms with Gasteiger partial charge in [-0.05, 0) is 88.9 Å². The van der Waals surface area contributed by atoms with E-state index < -0.39 is 0 Å². The van der Waals surface area contributed by atoms with Crippen molar-refractivity contribution in [2.75, 3.05) is 19.7 Å². The van der Waals surface area contributed by atoms with Crippen molar-refractivity contribution in [2.24, 2.45) is 0 Å². The summed E-state index contributed by atoms with van der Waals surface area (Å²) >= 11 is 0. The Morgan fingerprint density at radius 1 is 0.978 bits per heavy atom. The molecule has 4 heterocycles. The van der Waals surface area contributed by atoms with E-state index in [1.807, 2.05) is 30.3 Å². The predicted molar refractivity (Wildman–Crippen MR) is 175 cm³/mol. The highest BCUT2D eigenvalue weighted by molar-refractivity contribution is 5.94. The van der Waals surface area contributed by atoms with E-state index in [-0.39, 0.29) is 18.0 Å². The lowest BCUT2D eigenvalue weighted by atomic mass is 9.93. The SMILES string of the molecule is C=C(C)c1ccc2nc(CN3CCC(c4cccc(OCc5ccc(C(C)=O)cc5OC5CC5)n4)CC3)n(CC3CCO3)c2c1. The zero-order valence-electron chi connectivity index (χ0n) is 26.3. The van der Waals surface area contributed by atoms with Gasteiger partial charge in [0.15, 0.2) is 5.78 Å².